The highest BCUT2D eigenvalue weighted by Crippen LogP contribution is 2.34. The molecule has 2 aliphatic rings. The molecule has 1 heterocycles. The molecular weight excluding hydrogens is 429 g/mol. The van der Waals surface area contributed by atoms with Crippen LogP contribution in [0.25, 0.3) is 0 Å². The van der Waals surface area contributed by atoms with Crippen LogP contribution < -0.4 is 10.2 Å². The van der Waals surface area contributed by atoms with E-state index in [0.717, 1.165) is 53.0 Å². The molecule has 7 heteroatoms. The second-order valence-electron chi connectivity index (χ2n) is 9.28. The number of nitrogens with zero attached hydrogens (tertiary/aromatic N) is 1. The van der Waals surface area contributed by atoms with Gasteiger partial charge in [0.1, 0.15) is 6.10 Å². The number of carbonyl (C=O) groups excluding carboxylic acids is 1. The number of nitrogens with one attached hydrogen (secondary N) is 1. The van der Waals surface area contributed by atoms with Crippen LogP contribution in [-0.4, -0.2) is 25.6 Å². The molecule has 4 nitrogen and oxygen atoms in total. The molecule has 1 N–H and O–H groups in total. The van der Waals surface area contributed by atoms with Crippen LogP contribution in [0, 0.1) is 19.8 Å². The molecular formula is C26H31F3N2O2. The van der Waals surface area contributed by atoms with Crippen LogP contribution in [0.5, 0.6) is 0 Å². The zero-order valence-electron chi connectivity index (χ0n) is 19.2. The number of ether oxygens (including phenoxy) is 1. The van der Waals surface area contributed by atoms with Crippen molar-refractivity contribution in [3.05, 3.63) is 58.7 Å². The molecule has 1 amide bonds. The lowest BCUT2D eigenvalue weighted by molar-refractivity contribution is -0.137. The summed E-state index contributed by atoms with van der Waals surface area (Å²) < 4.78 is 44.5. The molecule has 2 fully saturated rings. The average Bonchev–Trinajstić information content (AvgIpc) is 3.28. The minimum absolute atomic E-state index is 0.0783. The Morgan fingerprint density at radius 1 is 1.09 bits per heavy atom. The number of aryl methyl sites for hydroxylation is 2. The van der Waals surface area contributed by atoms with Gasteiger partial charge in [-0.25, -0.2) is 0 Å². The van der Waals surface area contributed by atoms with Crippen LogP contribution in [0.1, 0.15) is 60.5 Å². The molecule has 1 saturated carbocycles. The van der Waals surface area contributed by atoms with E-state index in [1.54, 1.807) is 0 Å². The highest BCUT2D eigenvalue weighted by atomic mass is 19.4. The molecule has 1 aliphatic heterocycles. The number of morpholine rings is 1. The highest BCUT2D eigenvalue weighted by Gasteiger charge is 2.31. The first-order valence-electron chi connectivity index (χ1n) is 11.7. The van der Waals surface area contributed by atoms with Crippen LogP contribution in [-0.2, 0) is 15.7 Å². The average molecular weight is 461 g/mol. The molecule has 4 rings (SSSR count). The number of alkyl halides is 3. The van der Waals surface area contributed by atoms with Gasteiger partial charge < -0.3 is 15.0 Å². The lowest BCUT2D eigenvalue weighted by Gasteiger charge is -2.35. The molecule has 0 aromatic heterocycles. The number of rotatable bonds is 5. The smallest absolute Gasteiger partial charge is 0.370 e. The summed E-state index contributed by atoms with van der Waals surface area (Å²) in [4.78, 5) is 14.7. The van der Waals surface area contributed by atoms with E-state index in [0.29, 0.717) is 32.0 Å². The zero-order valence-corrected chi connectivity index (χ0v) is 19.2. The van der Waals surface area contributed by atoms with Crippen molar-refractivity contribution in [1.29, 1.82) is 0 Å². The Morgan fingerprint density at radius 2 is 1.73 bits per heavy atom. The summed E-state index contributed by atoms with van der Waals surface area (Å²) in [7, 11) is 0. The fourth-order valence-electron chi connectivity index (χ4n) is 4.96. The van der Waals surface area contributed by atoms with Crippen LogP contribution >= 0.6 is 0 Å². The normalized spacial score (nSPS) is 19.7. The van der Waals surface area contributed by atoms with Crippen molar-refractivity contribution < 1.29 is 22.7 Å². The lowest BCUT2D eigenvalue weighted by Crippen LogP contribution is -2.38. The third kappa shape index (κ3) is 5.69. The lowest BCUT2D eigenvalue weighted by atomic mass is 10.0. The molecule has 2 aromatic carbocycles. The number of halogens is 3. The van der Waals surface area contributed by atoms with Crippen molar-refractivity contribution in [3.8, 4) is 0 Å². The van der Waals surface area contributed by atoms with Crippen LogP contribution in [0.2, 0.25) is 0 Å². The molecule has 1 atom stereocenters. The standard InChI is InChI=1S/C26H31F3N2O2/c1-17-13-22(14-18(2)25(17)30-24(32)15-19-5-3-4-6-19)31-11-12-33-23(16-31)20-7-9-21(10-8-20)26(27,28)29/h7-10,13-14,19,23H,3-6,11-12,15-16H2,1-2H3,(H,30,32). The number of amides is 1. The van der Waals surface area contributed by atoms with E-state index in [1.807, 2.05) is 13.8 Å². The van der Waals surface area contributed by atoms with Crippen molar-refractivity contribution in [2.24, 2.45) is 5.92 Å². The summed E-state index contributed by atoms with van der Waals surface area (Å²) in [5.74, 6) is 0.579. The third-order valence-electron chi connectivity index (χ3n) is 6.77. The molecule has 0 radical (unpaired) electrons. The van der Waals surface area contributed by atoms with E-state index < -0.39 is 11.7 Å². The maximum Gasteiger partial charge on any atom is 0.416 e. The predicted molar refractivity (Wildman–Crippen MR) is 123 cm³/mol. The molecule has 0 bridgehead atoms. The Balaban J connectivity index is 1.44. The summed E-state index contributed by atoms with van der Waals surface area (Å²) in [6, 6.07) is 9.33. The fourth-order valence-corrected chi connectivity index (χ4v) is 4.96. The van der Waals surface area contributed by atoms with E-state index >= 15 is 0 Å². The van der Waals surface area contributed by atoms with E-state index in [9.17, 15) is 18.0 Å². The Labute approximate surface area is 193 Å². The number of hydrogen-bond acceptors (Lipinski definition) is 3. The quantitative estimate of drug-likeness (QED) is 0.560. The first-order chi connectivity index (χ1) is 15.7. The van der Waals surface area contributed by atoms with Gasteiger partial charge in [-0.05, 0) is 73.6 Å². The van der Waals surface area contributed by atoms with Gasteiger partial charge in [0.2, 0.25) is 5.91 Å². The second-order valence-corrected chi connectivity index (χ2v) is 9.28. The molecule has 178 valence electrons. The van der Waals surface area contributed by atoms with Crippen LogP contribution in [0.15, 0.2) is 36.4 Å². The Bertz CT molecular complexity index is 959. The van der Waals surface area contributed by atoms with Crippen molar-refractivity contribution >= 4 is 17.3 Å². The summed E-state index contributed by atoms with van der Waals surface area (Å²) in [6.07, 6.45) is 0.658. The van der Waals surface area contributed by atoms with Gasteiger partial charge in [-0.2, -0.15) is 13.2 Å². The largest absolute Gasteiger partial charge is 0.416 e. The predicted octanol–water partition coefficient (Wildman–Crippen LogP) is 6.42. The Kier molecular flexibility index (Phi) is 6.98. The van der Waals surface area contributed by atoms with Gasteiger partial charge in [-0.3, -0.25) is 4.79 Å². The Morgan fingerprint density at radius 3 is 2.33 bits per heavy atom. The molecule has 1 saturated heterocycles. The molecule has 2 aromatic rings. The van der Waals surface area contributed by atoms with Gasteiger partial charge in [0.25, 0.3) is 0 Å². The SMILES string of the molecule is Cc1cc(N2CCOC(c3ccc(C(F)(F)F)cc3)C2)cc(C)c1NC(=O)CC1CCCC1. The topological polar surface area (TPSA) is 41.6 Å². The van der Waals surface area contributed by atoms with Gasteiger partial charge in [0.15, 0.2) is 0 Å². The van der Waals surface area contributed by atoms with E-state index in [1.165, 1.54) is 25.0 Å². The number of hydrogen-bond donors (Lipinski definition) is 1. The minimum atomic E-state index is -4.35. The van der Waals surface area contributed by atoms with Crippen molar-refractivity contribution in [1.82, 2.24) is 0 Å². The zero-order chi connectivity index (χ0) is 23.6. The van der Waals surface area contributed by atoms with Crippen molar-refractivity contribution in [2.75, 3.05) is 29.9 Å². The van der Waals surface area contributed by atoms with Gasteiger partial charge in [-0.1, -0.05) is 25.0 Å². The first kappa shape index (κ1) is 23.6. The monoisotopic (exact) mass is 460 g/mol. The van der Waals surface area contributed by atoms with E-state index in [2.05, 4.69) is 22.3 Å². The number of carbonyl (C=O) groups is 1. The van der Waals surface area contributed by atoms with Gasteiger partial charge >= 0.3 is 6.18 Å². The van der Waals surface area contributed by atoms with Gasteiger partial charge in [0.05, 0.1) is 12.2 Å². The van der Waals surface area contributed by atoms with Crippen LogP contribution in [0.4, 0.5) is 24.5 Å². The molecule has 1 aliphatic carbocycles. The minimum Gasteiger partial charge on any atom is -0.370 e. The summed E-state index contributed by atoms with van der Waals surface area (Å²) in [6.45, 7) is 5.73. The maximum absolute atomic E-state index is 12.9. The molecule has 33 heavy (non-hydrogen) atoms. The highest BCUT2D eigenvalue weighted by molar-refractivity contribution is 5.93. The second kappa shape index (κ2) is 9.75. The summed E-state index contributed by atoms with van der Waals surface area (Å²) in [5.41, 5.74) is 3.98. The Hall–Kier alpha value is -2.54. The first-order valence-corrected chi connectivity index (χ1v) is 11.7. The summed E-state index contributed by atoms with van der Waals surface area (Å²) >= 11 is 0. The van der Waals surface area contributed by atoms with Gasteiger partial charge in [-0.15, -0.1) is 0 Å². The molecule has 1 unspecified atom stereocenters. The summed E-state index contributed by atoms with van der Waals surface area (Å²) in [5, 5.41) is 3.11. The fraction of sp³-hybridized carbons (Fsp3) is 0.500. The van der Waals surface area contributed by atoms with Crippen molar-refractivity contribution in [3.63, 3.8) is 0 Å². The number of benzene rings is 2. The van der Waals surface area contributed by atoms with Crippen LogP contribution in [0.3, 0.4) is 0 Å². The maximum atomic E-state index is 12.9. The molecule has 0 spiro atoms. The van der Waals surface area contributed by atoms with Crippen molar-refractivity contribution in [2.45, 2.75) is 58.2 Å². The number of anilines is 2. The van der Waals surface area contributed by atoms with E-state index in [-0.39, 0.29) is 12.0 Å². The third-order valence-corrected chi connectivity index (χ3v) is 6.77. The van der Waals surface area contributed by atoms with E-state index in [4.69, 9.17) is 4.74 Å². The van der Waals surface area contributed by atoms with Gasteiger partial charge in [0, 0.05) is 30.9 Å².